The molecule has 1 heterocycles. The number of aliphatic hydroxyl groups is 1. The molecule has 3 nitrogen and oxygen atoms in total. The number of aliphatic hydroxyl groups excluding tert-OH is 1. The summed E-state index contributed by atoms with van der Waals surface area (Å²) in [4.78, 5) is 3.58. The number of aryl methyl sites for hydroxylation is 2. The second-order valence-corrected chi connectivity index (χ2v) is 6.38. The van der Waals surface area contributed by atoms with Gasteiger partial charge in [-0.25, -0.2) is 0 Å². The fourth-order valence-corrected chi connectivity index (χ4v) is 3.36. The van der Waals surface area contributed by atoms with E-state index in [-0.39, 0.29) is 6.10 Å². The lowest BCUT2D eigenvalue weighted by Crippen LogP contribution is -2.36. The summed E-state index contributed by atoms with van der Waals surface area (Å²) >= 11 is 0. The van der Waals surface area contributed by atoms with Gasteiger partial charge in [-0.3, -0.25) is 0 Å². The van der Waals surface area contributed by atoms with Crippen molar-refractivity contribution in [1.82, 2.24) is 10.3 Å². The number of hydrogen-bond acceptors (Lipinski definition) is 2. The van der Waals surface area contributed by atoms with Crippen molar-refractivity contribution >= 4 is 10.9 Å². The van der Waals surface area contributed by atoms with Crippen molar-refractivity contribution in [3.8, 4) is 0 Å². The molecule has 2 unspecified atom stereocenters. The molecule has 0 amide bonds. The molecule has 2 aromatic rings. The van der Waals surface area contributed by atoms with Gasteiger partial charge in [-0.05, 0) is 63.3 Å². The van der Waals surface area contributed by atoms with Crippen LogP contribution in [0.25, 0.3) is 10.9 Å². The Kier molecular flexibility index (Phi) is 4.32. The van der Waals surface area contributed by atoms with Crippen LogP contribution in [0.4, 0.5) is 0 Å². The number of rotatable bonds is 5. The Morgan fingerprint density at radius 1 is 1.43 bits per heavy atom. The van der Waals surface area contributed by atoms with Crippen molar-refractivity contribution < 1.29 is 5.11 Å². The highest BCUT2D eigenvalue weighted by Crippen LogP contribution is 2.29. The standard InChI is InChI=1S/C18H26N2O/c1-3-14(21)8-9-19-13-5-7-18-16(11-13)15-10-12(2)4-6-17(15)20-18/h4,6,10,13-14,19-21H,3,5,7-9,11H2,1-2H3. The molecule has 0 spiro atoms. The highest BCUT2D eigenvalue weighted by atomic mass is 16.3. The maximum atomic E-state index is 9.64. The van der Waals surface area contributed by atoms with Crippen molar-refractivity contribution in [2.75, 3.05) is 6.54 Å². The molecule has 1 aromatic heterocycles. The van der Waals surface area contributed by atoms with Gasteiger partial charge in [0, 0.05) is 22.6 Å². The predicted octanol–water partition coefficient (Wildman–Crippen LogP) is 3.08. The third-order valence-corrected chi connectivity index (χ3v) is 4.73. The quantitative estimate of drug-likeness (QED) is 0.791. The molecule has 3 N–H and O–H groups in total. The fourth-order valence-electron chi connectivity index (χ4n) is 3.36. The fraction of sp³-hybridized carbons (Fsp3) is 0.556. The van der Waals surface area contributed by atoms with E-state index in [1.807, 2.05) is 6.92 Å². The van der Waals surface area contributed by atoms with Crippen LogP contribution in [0.5, 0.6) is 0 Å². The number of aromatic amines is 1. The average Bonchev–Trinajstić information content (AvgIpc) is 2.84. The second kappa shape index (κ2) is 6.20. The Morgan fingerprint density at radius 3 is 3.10 bits per heavy atom. The lowest BCUT2D eigenvalue weighted by Gasteiger charge is -2.24. The zero-order valence-electron chi connectivity index (χ0n) is 13.1. The molecule has 0 fully saturated rings. The number of H-pyrrole nitrogens is 1. The van der Waals surface area contributed by atoms with Crippen molar-refractivity contribution in [3.05, 3.63) is 35.0 Å². The number of benzene rings is 1. The minimum Gasteiger partial charge on any atom is -0.393 e. The molecule has 0 saturated carbocycles. The van der Waals surface area contributed by atoms with Crippen molar-refractivity contribution in [2.24, 2.45) is 0 Å². The summed E-state index contributed by atoms with van der Waals surface area (Å²) in [6.07, 6.45) is 4.94. The van der Waals surface area contributed by atoms with E-state index in [0.717, 1.165) is 32.2 Å². The molecule has 21 heavy (non-hydrogen) atoms. The van der Waals surface area contributed by atoms with E-state index in [2.05, 4.69) is 35.4 Å². The van der Waals surface area contributed by atoms with Crippen LogP contribution in [0.3, 0.4) is 0 Å². The van der Waals surface area contributed by atoms with Crippen molar-refractivity contribution in [3.63, 3.8) is 0 Å². The van der Waals surface area contributed by atoms with Crippen LogP contribution >= 0.6 is 0 Å². The summed E-state index contributed by atoms with van der Waals surface area (Å²) in [6, 6.07) is 7.21. The van der Waals surface area contributed by atoms with Crippen LogP contribution in [-0.2, 0) is 12.8 Å². The minimum atomic E-state index is -0.160. The van der Waals surface area contributed by atoms with Gasteiger partial charge in [0.1, 0.15) is 0 Å². The molecule has 2 atom stereocenters. The Bertz CT molecular complexity index is 617. The van der Waals surface area contributed by atoms with Crippen LogP contribution in [-0.4, -0.2) is 28.8 Å². The first-order valence-electron chi connectivity index (χ1n) is 8.19. The number of nitrogens with one attached hydrogen (secondary N) is 2. The van der Waals surface area contributed by atoms with E-state index in [0.29, 0.717) is 6.04 Å². The van der Waals surface area contributed by atoms with Gasteiger partial charge in [-0.2, -0.15) is 0 Å². The van der Waals surface area contributed by atoms with Crippen molar-refractivity contribution in [1.29, 1.82) is 0 Å². The first kappa shape index (κ1) is 14.6. The van der Waals surface area contributed by atoms with Crippen LogP contribution < -0.4 is 5.32 Å². The Labute approximate surface area is 126 Å². The first-order chi connectivity index (χ1) is 10.2. The van der Waals surface area contributed by atoms with E-state index in [9.17, 15) is 5.11 Å². The third-order valence-electron chi connectivity index (χ3n) is 4.73. The molecule has 1 aliphatic rings. The summed E-state index contributed by atoms with van der Waals surface area (Å²) in [6.45, 7) is 5.10. The maximum Gasteiger partial charge on any atom is 0.0549 e. The Hall–Kier alpha value is -1.32. The van der Waals surface area contributed by atoms with Gasteiger partial charge in [0.15, 0.2) is 0 Å². The number of hydrogen-bond donors (Lipinski definition) is 3. The smallest absolute Gasteiger partial charge is 0.0549 e. The predicted molar refractivity (Wildman–Crippen MR) is 87.8 cm³/mol. The van der Waals surface area contributed by atoms with E-state index in [1.54, 1.807) is 0 Å². The third kappa shape index (κ3) is 3.14. The number of aromatic nitrogens is 1. The molecule has 114 valence electrons. The largest absolute Gasteiger partial charge is 0.393 e. The monoisotopic (exact) mass is 286 g/mol. The van der Waals surface area contributed by atoms with Gasteiger partial charge in [0.2, 0.25) is 0 Å². The van der Waals surface area contributed by atoms with Crippen LogP contribution in [0.2, 0.25) is 0 Å². The molecule has 3 rings (SSSR count). The maximum absolute atomic E-state index is 9.64. The molecular formula is C18H26N2O. The van der Waals surface area contributed by atoms with Gasteiger partial charge in [-0.15, -0.1) is 0 Å². The highest BCUT2D eigenvalue weighted by Gasteiger charge is 2.22. The summed E-state index contributed by atoms with van der Waals surface area (Å²) in [5.74, 6) is 0. The van der Waals surface area contributed by atoms with Gasteiger partial charge >= 0.3 is 0 Å². The summed E-state index contributed by atoms with van der Waals surface area (Å²) < 4.78 is 0. The highest BCUT2D eigenvalue weighted by molar-refractivity contribution is 5.85. The molecule has 0 bridgehead atoms. The molecule has 3 heteroatoms. The van der Waals surface area contributed by atoms with Crippen LogP contribution in [0.1, 0.15) is 43.0 Å². The molecule has 0 radical (unpaired) electrons. The first-order valence-corrected chi connectivity index (χ1v) is 8.19. The van der Waals surface area contributed by atoms with Crippen LogP contribution in [0, 0.1) is 6.92 Å². The SMILES string of the molecule is CCC(O)CCNC1CCc2[nH]c3ccc(C)cc3c2C1. The molecule has 0 saturated heterocycles. The molecule has 0 aliphatic heterocycles. The topological polar surface area (TPSA) is 48.0 Å². The Balaban J connectivity index is 1.69. The van der Waals surface area contributed by atoms with Crippen molar-refractivity contribution in [2.45, 2.75) is 58.1 Å². The van der Waals surface area contributed by atoms with E-state index >= 15 is 0 Å². The summed E-state index contributed by atoms with van der Waals surface area (Å²) in [5, 5.41) is 14.7. The Morgan fingerprint density at radius 2 is 2.29 bits per heavy atom. The van der Waals surface area contributed by atoms with Gasteiger partial charge in [0.25, 0.3) is 0 Å². The molecular weight excluding hydrogens is 260 g/mol. The molecule has 1 aromatic carbocycles. The van der Waals surface area contributed by atoms with E-state index < -0.39 is 0 Å². The van der Waals surface area contributed by atoms with Gasteiger partial charge < -0.3 is 15.4 Å². The van der Waals surface area contributed by atoms with Crippen LogP contribution in [0.15, 0.2) is 18.2 Å². The average molecular weight is 286 g/mol. The summed E-state index contributed by atoms with van der Waals surface area (Å²) in [5.41, 5.74) is 5.51. The van der Waals surface area contributed by atoms with Gasteiger partial charge in [0.05, 0.1) is 6.10 Å². The zero-order valence-corrected chi connectivity index (χ0v) is 13.1. The van der Waals surface area contributed by atoms with E-state index in [1.165, 1.54) is 34.1 Å². The summed E-state index contributed by atoms with van der Waals surface area (Å²) in [7, 11) is 0. The number of fused-ring (bicyclic) bond motifs is 3. The normalized spacial score (nSPS) is 19.7. The lowest BCUT2D eigenvalue weighted by molar-refractivity contribution is 0.158. The zero-order chi connectivity index (χ0) is 14.8. The van der Waals surface area contributed by atoms with Gasteiger partial charge in [-0.1, -0.05) is 18.6 Å². The second-order valence-electron chi connectivity index (χ2n) is 6.38. The lowest BCUT2D eigenvalue weighted by atomic mass is 9.91. The molecule has 1 aliphatic carbocycles. The minimum absolute atomic E-state index is 0.160. The van der Waals surface area contributed by atoms with E-state index in [4.69, 9.17) is 0 Å².